The molecule has 0 bridgehead atoms. The van der Waals surface area contributed by atoms with E-state index in [9.17, 15) is 0 Å². The highest BCUT2D eigenvalue weighted by atomic mass is 79.9. The van der Waals surface area contributed by atoms with Crippen LogP contribution in [0, 0.1) is 0 Å². The van der Waals surface area contributed by atoms with E-state index in [0.29, 0.717) is 24.0 Å². The van der Waals surface area contributed by atoms with Crippen LogP contribution in [0.2, 0.25) is 5.02 Å². The van der Waals surface area contributed by atoms with Crippen molar-refractivity contribution in [1.29, 1.82) is 0 Å². The van der Waals surface area contributed by atoms with Gasteiger partial charge in [0.2, 0.25) is 0 Å². The number of halogens is 2. The summed E-state index contributed by atoms with van der Waals surface area (Å²) in [7, 11) is 0. The summed E-state index contributed by atoms with van der Waals surface area (Å²) < 4.78 is 12.8. The lowest BCUT2D eigenvalue weighted by atomic mass is 10.1. The standard InChI is InChI=1S/C24H25BrClNO2/c1-3-28-23-14-18(15-27-17(2)19-9-5-4-6-10-19)13-21(25)24(23)29-16-20-11-7-8-12-22(20)26/h4-14,17,27H,3,15-16H2,1-2H3/t17-/m0/s1. The first-order valence-corrected chi connectivity index (χ1v) is 10.8. The molecule has 3 aromatic rings. The van der Waals surface area contributed by atoms with Crippen LogP contribution in [-0.4, -0.2) is 6.61 Å². The maximum absolute atomic E-state index is 6.25. The van der Waals surface area contributed by atoms with Crippen molar-refractivity contribution in [3.05, 3.63) is 92.9 Å². The molecule has 0 aliphatic carbocycles. The van der Waals surface area contributed by atoms with Gasteiger partial charge in [0.25, 0.3) is 0 Å². The zero-order valence-electron chi connectivity index (χ0n) is 16.6. The van der Waals surface area contributed by atoms with Gasteiger partial charge in [-0.15, -0.1) is 0 Å². The molecule has 29 heavy (non-hydrogen) atoms. The largest absolute Gasteiger partial charge is 0.490 e. The molecule has 3 aromatic carbocycles. The third kappa shape index (κ3) is 5.99. The molecule has 0 fully saturated rings. The van der Waals surface area contributed by atoms with Crippen LogP contribution in [0.4, 0.5) is 0 Å². The predicted molar refractivity (Wildman–Crippen MR) is 123 cm³/mol. The van der Waals surface area contributed by atoms with Gasteiger partial charge in [0, 0.05) is 23.2 Å². The molecule has 0 aliphatic heterocycles. The van der Waals surface area contributed by atoms with Crippen molar-refractivity contribution in [3.63, 3.8) is 0 Å². The molecule has 3 rings (SSSR count). The molecule has 1 atom stereocenters. The Bertz CT molecular complexity index is 933. The second-order valence-electron chi connectivity index (χ2n) is 6.73. The lowest BCUT2D eigenvalue weighted by Crippen LogP contribution is -2.18. The lowest BCUT2D eigenvalue weighted by Gasteiger charge is -2.18. The average molecular weight is 475 g/mol. The first kappa shape index (κ1) is 21.7. The monoisotopic (exact) mass is 473 g/mol. The Labute approximate surface area is 186 Å². The molecule has 0 saturated heterocycles. The van der Waals surface area contributed by atoms with Crippen LogP contribution in [0.3, 0.4) is 0 Å². The summed E-state index contributed by atoms with van der Waals surface area (Å²) in [5.74, 6) is 1.41. The number of rotatable bonds is 9. The molecule has 1 N–H and O–H groups in total. The van der Waals surface area contributed by atoms with E-state index in [-0.39, 0.29) is 6.04 Å². The number of ether oxygens (including phenoxy) is 2. The quantitative estimate of drug-likeness (QED) is 0.365. The molecule has 5 heteroatoms. The van der Waals surface area contributed by atoms with Crippen LogP contribution in [0.15, 0.2) is 71.2 Å². The topological polar surface area (TPSA) is 30.5 Å². The fourth-order valence-corrected chi connectivity index (χ4v) is 3.82. The van der Waals surface area contributed by atoms with Gasteiger partial charge in [0.1, 0.15) is 6.61 Å². The van der Waals surface area contributed by atoms with Crippen molar-refractivity contribution >= 4 is 27.5 Å². The van der Waals surface area contributed by atoms with Gasteiger partial charge < -0.3 is 14.8 Å². The summed E-state index contributed by atoms with van der Waals surface area (Å²) in [5.41, 5.74) is 3.32. The SMILES string of the molecule is CCOc1cc(CN[C@@H](C)c2ccccc2)cc(Br)c1OCc1ccccc1Cl. The summed E-state index contributed by atoms with van der Waals surface area (Å²) in [6.45, 7) is 5.79. The summed E-state index contributed by atoms with van der Waals surface area (Å²) in [6.07, 6.45) is 0. The van der Waals surface area contributed by atoms with Gasteiger partial charge in [0.05, 0.1) is 11.1 Å². The summed E-state index contributed by atoms with van der Waals surface area (Å²) in [6, 6.07) is 22.4. The molecule has 0 aliphatic rings. The number of benzene rings is 3. The van der Waals surface area contributed by atoms with E-state index < -0.39 is 0 Å². The van der Waals surface area contributed by atoms with Gasteiger partial charge in [-0.1, -0.05) is 60.1 Å². The Balaban J connectivity index is 1.72. The first-order chi connectivity index (χ1) is 14.1. The van der Waals surface area contributed by atoms with Crippen molar-refractivity contribution in [2.45, 2.75) is 33.0 Å². The minimum atomic E-state index is 0.252. The van der Waals surface area contributed by atoms with E-state index >= 15 is 0 Å². The van der Waals surface area contributed by atoms with Gasteiger partial charge in [-0.25, -0.2) is 0 Å². The van der Waals surface area contributed by atoms with Crippen molar-refractivity contribution in [1.82, 2.24) is 5.32 Å². The van der Waals surface area contributed by atoms with E-state index in [4.69, 9.17) is 21.1 Å². The van der Waals surface area contributed by atoms with Crippen molar-refractivity contribution in [2.75, 3.05) is 6.61 Å². The van der Waals surface area contributed by atoms with Gasteiger partial charge in [-0.2, -0.15) is 0 Å². The molecule has 152 valence electrons. The van der Waals surface area contributed by atoms with Crippen LogP contribution < -0.4 is 14.8 Å². The van der Waals surface area contributed by atoms with E-state index in [1.165, 1.54) is 5.56 Å². The Kier molecular flexibility index (Phi) is 7.99. The van der Waals surface area contributed by atoms with Crippen molar-refractivity contribution < 1.29 is 9.47 Å². The summed E-state index contributed by atoms with van der Waals surface area (Å²) >= 11 is 9.89. The Morgan fingerprint density at radius 3 is 2.45 bits per heavy atom. The summed E-state index contributed by atoms with van der Waals surface area (Å²) in [4.78, 5) is 0. The Hall–Kier alpha value is -2.01. The molecular formula is C24H25BrClNO2. The van der Waals surface area contributed by atoms with Gasteiger partial charge >= 0.3 is 0 Å². The van der Waals surface area contributed by atoms with E-state index in [1.807, 2.05) is 43.3 Å². The van der Waals surface area contributed by atoms with Crippen molar-refractivity contribution in [3.8, 4) is 11.5 Å². The Morgan fingerprint density at radius 1 is 1.00 bits per heavy atom. The molecule has 3 nitrogen and oxygen atoms in total. The highest BCUT2D eigenvalue weighted by Gasteiger charge is 2.14. The average Bonchev–Trinajstić information content (AvgIpc) is 2.73. The first-order valence-electron chi connectivity index (χ1n) is 9.68. The van der Waals surface area contributed by atoms with Crippen molar-refractivity contribution in [2.24, 2.45) is 0 Å². The van der Waals surface area contributed by atoms with E-state index in [0.717, 1.165) is 27.9 Å². The number of nitrogens with one attached hydrogen (secondary N) is 1. The predicted octanol–water partition coefficient (Wildman–Crippen LogP) is 6.93. The van der Waals surface area contributed by atoms with Crippen LogP contribution in [-0.2, 0) is 13.2 Å². The van der Waals surface area contributed by atoms with Gasteiger partial charge in [-0.3, -0.25) is 0 Å². The number of hydrogen-bond acceptors (Lipinski definition) is 3. The minimum Gasteiger partial charge on any atom is -0.490 e. The molecule has 0 amide bonds. The van der Waals surface area contributed by atoms with Gasteiger partial charge in [-0.05, 0) is 59.1 Å². The van der Waals surface area contributed by atoms with Crippen LogP contribution in [0.25, 0.3) is 0 Å². The second kappa shape index (κ2) is 10.7. The van der Waals surface area contributed by atoms with E-state index in [2.05, 4.69) is 58.5 Å². The highest BCUT2D eigenvalue weighted by Crippen LogP contribution is 2.38. The maximum Gasteiger partial charge on any atom is 0.175 e. The minimum absolute atomic E-state index is 0.252. The maximum atomic E-state index is 6.25. The van der Waals surface area contributed by atoms with Crippen LogP contribution >= 0.6 is 27.5 Å². The zero-order chi connectivity index (χ0) is 20.6. The third-order valence-corrected chi connectivity index (χ3v) is 5.57. The molecule has 0 saturated carbocycles. The molecule has 0 aromatic heterocycles. The molecule has 0 radical (unpaired) electrons. The highest BCUT2D eigenvalue weighted by molar-refractivity contribution is 9.10. The van der Waals surface area contributed by atoms with Crippen LogP contribution in [0.5, 0.6) is 11.5 Å². The molecule has 0 unspecified atom stereocenters. The Morgan fingerprint density at radius 2 is 1.72 bits per heavy atom. The molecule has 0 spiro atoms. The third-order valence-electron chi connectivity index (χ3n) is 4.61. The van der Waals surface area contributed by atoms with Crippen LogP contribution in [0.1, 0.15) is 36.6 Å². The summed E-state index contributed by atoms with van der Waals surface area (Å²) in [5, 5.41) is 4.25. The fourth-order valence-electron chi connectivity index (χ4n) is 3.02. The molecule has 0 heterocycles. The number of hydrogen-bond donors (Lipinski definition) is 1. The normalized spacial score (nSPS) is 11.9. The zero-order valence-corrected chi connectivity index (χ0v) is 19.0. The fraction of sp³-hybridized carbons (Fsp3) is 0.250. The smallest absolute Gasteiger partial charge is 0.175 e. The van der Waals surface area contributed by atoms with Gasteiger partial charge in [0.15, 0.2) is 11.5 Å². The lowest BCUT2D eigenvalue weighted by molar-refractivity contribution is 0.267. The molecular weight excluding hydrogens is 450 g/mol. The van der Waals surface area contributed by atoms with E-state index in [1.54, 1.807) is 0 Å². The second-order valence-corrected chi connectivity index (χ2v) is 7.99.